The highest BCUT2D eigenvalue weighted by atomic mass is 16.3. The van der Waals surface area contributed by atoms with Crippen LogP contribution in [0.15, 0.2) is 215 Å². The Hall–Kier alpha value is -7.82. The summed E-state index contributed by atoms with van der Waals surface area (Å²) in [5.41, 5.74) is 13.4. The third-order valence-electron chi connectivity index (χ3n) is 11.6. The van der Waals surface area contributed by atoms with Gasteiger partial charge in [-0.15, -0.1) is 0 Å². The Labute approximate surface area is 334 Å². The van der Waals surface area contributed by atoms with Crippen molar-refractivity contribution in [2.45, 2.75) is 0 Å². The van der Waals surface area contributed by atoms with Gasteiger partial charge in [0.15, 0.2) is 5.58 Å². The van der Waals surface area contributed by atoms with Crippen LogP contribution in [0.5, 0.6) is 0 Å². The van der Waals surface area contributed by atoms with Gasteiger partial charge < -0.3 is 13.7 Å². The Balaban J connectivity index is 1.02. The first-order valence-corrected chi connectivity index (χ1v) is 19.7. The Morgan fingerprint density at radius 2 is 1.00 bits per heavy atom. The van der Waals surface area contributed by atoms with Gasteiger partial charge in [0.2, 0.25) is 5.71 Å². The lowest BCUT2D eigenvalue weighted by Crippen LogP contribution is -2.10. The zero-order valence-electron chi connectivity index (χ0n) is 31.3. The van der Waals surface area contributed by atoms with Gasteiger partial charge in [-0.2, -0.15) is 0 Å². The number of furan rings is 2. The summed E-state index contributed by atoms with van der Waals surface area (Å²) in [6, 6.07) is 73.1. The number of aromatic nitrogens is 1. The van der Waals surface area contributed by atoms with Gasteiger partial charge in [-0.25, -0.2) is 0 Å². The molecule has 0 amide bonds. The molecule has 272 valence electrons. The summed E-state index contributed by atoms with van der Waals surface area (Å²) in [5.74, 6) is 0. The van der Waals surface area contributed by atoms with Gasteiger partial charge in [0.05, 0.1) is 16.6 Å². The summed E-state index contributed by atoms with van der Waals surface area (Å²) in [5, 5.41) is 7.94. The number of rotatable bonds is 6. The lowest BCUT2D eigenvalue weighted by atomic mass is 9.98. The molecule has 0 saturated carbocycles. The predicted octanol–water partition coefficient (Wildman–Crippen LogP) is 15.4. The maximum Gasteiger partial charge on any atom is 0.213 e. The second kappa shape index (κ2) is 12.9. The van der Waals surface area contributed by atoms with Gasteiger partial charge in [0.25, 0.3) is 0 Å². The number of anilines is 3. The first kappa shape index (κ1) is 32.4. The second-order valence-electron chi connectivity index (χ2n) is 14.9. The molecule has 0 aliphatic carbocycles. The standard InChI is InChI=1S/C54H34N2O2/c1-3-13-35(14-4-1)36-27-30-41(31-28-36)55(48-22-12-20-45-44-17-7-9-23-49(44)57-53(45)48)42-32-29-37-33-39(26-25-38(37)34-42)43-19-11-21-47-51-46-18-8-10-24-50(46)58-54(51)56(52(43)47)40-15-5-2-6-16-40/h1-34H. The molecule has 58 heavy (non-hydrogen) atoms. The van der Waals surface area contributed by atoms with Gasteiger partial charge in [-0.05, 0) is 88.1 Å². The lowest BCUT2D eigenvalue weighted by Gasteiger charge is -2.26. The molecule has 12 rings (SSSR count). The fraction of sp³-hybridized carbons (Fsp3) is 0. The van der Waals surface area contributed by atoms with E-state index in [1.807, 2.05) is 18.2 Å². The zero-order chi connectivity index (χ0) is 38.2. The fourth-order valence-corrected chi connectivity index (χ4v) is 8.90. The largest absolute Gasteiger partial charge is 0.454 e. The van der Waals surface area contributed by atoms with Crippen LogP contribution in [0.3, 0.4) is 0 Å². The average Bonchev–Trinajstić information content (AvgIpc) is 3.96. The molecule has 0 spiro atoms. The van der Waals surface area contributed by atoms with E-state index in [2.05, 4.69) is 198 Å². The lowest BCUT2D eigenvalue weighted by molar-refractivity contribution is 0.645. The van der Waals surface area contributed by atoms with Crippen molar-refractivity contribution in [3.8, 4) is 27.9 Å². The van der Waals surface area contributed by atoms with E-state index in [4.69, 9.17) is 8.83 Å². The second-order valence-corrected chi connectivity index (χ2v) is 14.9. The molecule has 0 radical (unpaired) electrons. The van der Waals surface area contributed by atoms with Crippen LogP contribution in [0, 0.1) is 0 Å². The van der Waals surface area contributed by atoms with Crippen LogP contribution in [0.2, 0.25) is 0 Å². The Morgan fingerprint density at radius 3 is 1.83 bits per heavy atom. The monoisotopic (exact) mass is 742 g/mol. The summed E-state index contributed by atoms with van der Waals surface area (Å²) in [6.07, 6.45) is 0. The minimum absolute atomic E-state index is 0.858. The van der Waals surface area contributed by atoms with Crippen molar-refractivity contribution < 1.29 is 8.83 Å². The molecular formula is C54H34N2O2. The van der Waals surface area contributed by atoms with Crippen LogP contribution in [0.25, 0.3) is 93.6 Å². The van der Waals surface area contributed by atoms with Crippen molar-refractivity contribution in [2.75, 3.05) is 4.90 Å². The predicted molar refractivity (Wildman–Crippen MR) is 241 cm³/mol. The number of hydrogen-bond acceptors (Lipinski definition) is 3. The van der Waals surface area contributed by atoms with Gasteiger partial charge in [0, 0.05) is 44.2 Å². The molecule has 12 aromatic rings. The topological polar surface area (TPSA) is 34.5 Å². The average molecular weight is 743 g/mol. The molecule has 0 saturated heterocycles. The molecule has 3 heterocycles. The van der Waals surface area contributed by atoms with E-state index >= 15 is 0 Å². The number of fused-ring (bicyclic) bond motifs is 9. The fourth-order valence-electron chi connectivity index (χ4n) is 8.90. The molecule has 0 aliphatic rings. The summed E-state index contributed by atoms with van der Waals surface area (Å²) < 4.78 is 15.5. The van der Waals surface area contributed by atoms with Crippen LogP contribution >= 0.6 is 0 Å². The summed E-state index contributed by atoms with van der Waals surface area (Å²) in [4.78, 5) is 2.32. The van der Waals surface area contributed by atoms with Crippen LogP contribution in [-0.2, 0) is 0 Å². The van der Waals surface area contributed by atoms with E-state index in [-0.39, 0.29) is 0 Å². The molecule has 0 N–H and O–H groups in total. The number of nitrogens with zero attached hydrogens (tertiary/aromatic N) is 2. The van der Waals surface area contributed by atoms with Gasteiger partial charge in [-0.3, -0.25) is 4.57 Å². The molecule has 4 heteroatoms. The van der Waals surface area contributed by atoms with E-state index in [0.717, 1.165) is 94.2 Å². The van der Waals surface area contributed by atoms with Crippen molar-refractivity contribution in [1.29, 1.82) is 0 Å². The van der Waals surface area contributed by atoms with Crippen LogP contribution in [0.4, 0.5) is 17.1 Å². The van der Waals surface area contributed by atoms with Crippen LogP contribution in [-0.4, -0.2) is 4.57 Å². The maximum absolute atomic E-state index is 6.62. The van der Waals surface area contributed by atoms with E-state index in [0.29, 0.717) is 0 Å². The summed E-state index contributed by atoms with van der Waals surface area (Å²) in [7, 11) is 0. The van der Waals surface area contributed by atoms with Gasteiger partial charge in [-0.1, -0.05) is 146 Å². The van der Waals surface area contributed by atoms with Crippen molar-refractivity contribution in [1.82, 2.24) is 4.57 Å². The van der Waals surface area contributed by atoms with Gasteiger partial charge in [0.1, 0.15) is 11.2 Å². The highest BCUT2D eigenvalue weighted by molar-refractivity contribution is 6.22. The molecule has 0 unspecified atom stereocenters. The molecular weight excluding hydrogens is 709 g/mol. The Bertz CT molecular complexity index is 3500. The molecule has 0 atom stereocenters. The first-order valence-electron chi connectivity index (χ1n) is 19.7. The Morgan fingerprint density at radius 1 is 0.397 bits per heavy atom. The maximum atomic E-state index is 6.62. The first-order chi connectivity index (χ1) is 28.8. The smallest absolute Gasteiger partial charge is 0.213 e. The van der Waals surface area contributed by atoms with E-state index in [1.165, 1.54) is 16.5 Å². The quantitative estimate of drug-likeness (QED) is 0.170. The SMILES string of the molecule is c1ccc(-c2ccc(N(c3ccc4cc(-c5cccc6c7c8ccccc8oc7n(-c7ccccc7)c56)ccc4c3)c3cccc4c3oc3ccccc34)cc2)cc1. The van der Waals surface area contributed by atoms with Gasteiger partial charge >= 0.3 is 0 Å². The minimum atomic E-state index is 0.858. The summed E-state index contributed by atoms with van der Waals surface area (Å²) in [6.45, 7) is 0. The normalized spacial score (nSPS) is 11.8. The highest BCUT2D eigenvalue weighted by Crippen LogP contribution is 2.45. The summed E-state index contributed by atoms with van der Waals surface area (Å²) >= 11 is 0. The minimum Gasteiger partial charge on any atom is -0.454 e. The molecule has 9 aromatic carbocycles. The van der Waals surface area contributed by atoms with Crippen molar-refractivity contribution in [3.05, 3.63) is 206 Å². The number of benzene rings is 9. The molecule has 0 aliphatic heterocycles. The number of hydrogen-bond donors (Lipinski definition) is 0. The highest BCUT2D eigenvalue weighted by Gasteiger charge is 2.23. The van der Waals surface area contributed by atoms with E-state index in [9.17, 15) is 0 Å². The molecule has 0 fully saturated rings. The van der Waals surface area contributed by atoms with Crippen LogP contribution < -0.4 is 4.90 Å². The molecule has 3 aromatic heterocycles. The van der Waals surface area contributed by atoms with Crippen molar-refractivity contribution >= 4 is 82.7 Å². The molecule has 0 bridgehead atoms. The van der Waals surface area contributed by atoms with Crippen LogP contribution in [0.1, 0.15) is 0 Å². The third-order valence-corrected chi connectivity index (χ3v) is 11.6. The third kappa shape index (κ3) is 5.02. The number of para-hydroxylation sites is 5. The van der Waals surface area contributed by atoms with Crippen molar-refractivity contribution in [2.24, 2.45) is 0 Å². The van der Waals surface area contributed by atoms with E-state index < -0.39 is 0 Å². The van der Waals surface area contributed by atoms with Crippen molar-refractivity contribution in [3.63, 3.8) is 0 Å². The Kier molecular flexibility index (Phi) is 7.20. The van der Waals surface area contributed by atoms with E-state index in [1.54, 1.807) is 0 Å². The zero-order valence-corrected chi connectivity index (χ0v) is 31.3. The molecule has 4 nitrogen and oxygen atoms in total.